The molecule has 1 heterocycles. The van der Waals surface area contributed by atoms with E-state index in [1.54, 1.807) is 46.8 Å². The maximum absolute atomic E-state index is 12.3. The third-order valence-corrected chi connectivity index (χ3v) is 5.23. The lowest BCUT2D eigenvalue weighted by Crippen LogP contribution is -2.28. The maximum atomic E-state index is 12.3. The molecule has 0 aliphatic carbocycles. The van der Waals surface area contributed by atoms with Crippen molar-refractivity contribution >= 4 is 16.2 Å². The molecule has 0 atom stereocenters. The van der Waals surface area contributed by atoms with Crippen molar-refractivity contribution in [2.24, 2.45) is 0 Å². The van der Waals surface area contributed by atoms with Crippen LogP contribution in [0.1, 0.15) is 43.3 Å². The van der Waals surface area contributed by atoms with Gasteiger partial charge in [-0.05, 0) is 59.2 Å². The number of hydrogen-bond acceptors (Lipinski definition) is 6. The van der Waals surface area contributed by atoms with Crippen molar-refractivity contribution < 1.29 is 22.1 Å². The minimum Gasteiger partial charge on any atom is -0.442 e. The molecule has 0 aliphatic heterocycles. The molecule has 1 aromatic carbocycles. The van der Waals surface area contributed by atoms with E-state index in [1.165, 1.54) is 16.8 Å². The molecular formula is C19H26N2O5S. The summed E-state index contributed by atoms with van der Waals surface area (Å²) in [6.07, 6.45) is -0.256. The number of benzene rings is 1. The largest absolute Gasteiger partial charge is 0.442 e. The normalized spacial score (nSPS) is 12.2. The molecule has 2 aromatic rings. The van der Waals surface area contributed by atoms with Crippen LogP contribution in [0.2, 0.25) is 0 Å². The summed E-state index contributed by atoms with van der Waals surface area (Å²) in [7, 11) is -3.83. The molecule has 7 nitrogen and oxygen atoms in total. The number of rotatable bonds is 5. The zero-order valence-corrected chi connectivity index (χ0v) is 17.4. The second kappa shape index (κ2) is 7.82. The summed E-state index contributed by atoms with van der Waals surface area (Å²) < 4.78 is 36.2. The van der Waals surface area contributed by atoms with E-state index in [1.807, 2.05) is 6.92 Å². The number of aryl methyl sites for hydroxylation is 2. The van der Waals surface area contributed by atoms with Crippen LogP contribution < -0.4 is 0 Å². The van der Waals surface area contributed by atoms with Gasteiger partial charge in [-0.15, -0.1) is 0 Å². The zero-order chi connectivity index (χ0) is 20.4. The second-order valence-electron chi connectivity index (χ2n) is 7.38. The van der Waals surface area contributed by atoms with E-state index in [9.17, 15) is 13.2 Å². The molecule has 2 rings (SSSR count). The quantitative estimate of drug-likeness (QED) is 0.721. The van der Waals surface area contributed by atoms with E-state index in [0.29, 0.717) is 17.8 Å². The van der Waals surface area contributed by atoms with Gasteiger partial charge in [0.05, 0.1) is 22.9 Å². The Hall–Kier alpha value is -2.19. The zero-order valence-electron chi connectivity index (χ0n) is 16.6. The van der Waals surface area contributed by atoms with Crippen molar-refractivity contribution in [2.75, 3.05) is 6.61 Å². The van der Waals surface area contributed by atoms with Crippen LogP contribution in [0.5, 0.6) is 0 Å². The topological polar surface area (TPSA) is 87.5 Å². The van der Waals surface area contributed by atoms with E-state index >= 15 is 0 Å². The van der Waals surface area contributed by atoms with Gasteiger partial charge in [-0.25, -0.2) is 4.79 Å². The predicted octanol–water partition coefficient (Wildman–Crippen LogP) is 3.54. The molecule has 148 valence electrons. The molecule has 0 bridgehead atoms. The van der Waals surface area contributed by atoms with Gasteiger partial charge in [-0.2, -0.15) is 18.2 Å². The number of hydrogen-bond donors (Lipinski definition) is 0. The molecule has 0 fully saturated rings. The van der Waals surface area contributed by atoms with Crippen molar-refractivity contribution in [2.45, 2.75) is 58.5 Å². The van der Waals surface area contributed by atoms with E-state index in [4.69, 9.17) is 8.92 Å². The SMILES string of the molecule is Cc1ccc(S(=O)(=O)OCCc2c(C)nn(C(=O)OC(C)(C)C)c2C)cc1. The number of carbonyl (C=O) groups is 1. The van der Waals surface area contributed by atoms with Crippen molar-refractivity contribution in [1.82, 2.24) is 9.78 Å². The molecule has 27 heavy (non-hydrogen) atoms. The fourth-order valence-electron chi connectivity index (χ4n) is 2.55. The van der Waals surface area contributed by atoms with Crippen LogP contribution in [0.25, 0.3) is 0 Å². The van der Waals surface area contributed by atoms with Gasteiger partial charge < -0.3 is 4.74 Å². The smallest absolute Gasteiger partial charge is 0.435 e. The molecule has 8 heteroatoms. The Bertz CT molecular complexity index is 922. The van der Waals surface area contributed by atoms with Gasteiger partial charge in [0.1, 0.15) is 5.60 Å². The highest BCUT2D eigenvalue weighted by Crippen LogP contribution is 2.18. The first-order chi connectivity index (χ1) is 12.4. The number of nitrogens with zero attached hydrogens (tertiary/aromatic N) is 2. The third-order valence-electron chi connectivity index (χ3n) is 3.91. The Balaban J connectivity index is 2.08. The van der Waals surface area contributed by atoms with Crippen molar-refractivity contribution in [3.05, 3.63) is 46.8 Å². The number of carbonyl (C=O) groups excluding carboxylic acids is 1. The van der Waals surface area contributed by atoms with E-state index in [0.717, 1.165) is 11.1 Å². The molecule has 0 spiro atoms. The Labute approximate surface area is 160 Å². The molecule has 0 amide bonds. The molecule has 0 radical (unpaired) electrons. The van der Waals surface area contributed by atoms with Crippen LogP contribution in [0.15, 0.2) is 29.2 Å². The van der Waals surface area contributed by atoms with Crippen molar-refractivity contribution in [1.29, 1.82) is 0 Å². The summed E-state index contributed by atoms with van der Waals surface area (Å²) in [5.41, 5.74) is 2.34. The first-order valence-corrected chi connectivity index (χ1v) is 10.1. The Morgan fingerprint density at radius 2 is 1.70 bits per heavy atom. The monoisotopic (exact) mass is 394 g/mol. The van der Waals surface area contributed by atoms with Gasteiger partial charge in [-0.3, -0.25) is 4.18 Å². The second-order valence-corrected chi connectivity index (χ2v) is 9.00. The fraction of sp³-hybridized carbons (Fsp3) is 0.474. The molecule has 0 saturated heterocycles. The Kier molecular flexibility index (Phi) is 6.11. The van der Waals surface area contributed by atoms with Crippen molar-refractivity contribution in [3.8, 4) is 0 Å². The minimum absolute atomic E-state index is 0.0437. The summed E-state index contributed by atoms with van der Waals surface area (Å²) >= 11 is 0. The summed E-state index contributed by atoms with van der Waals surface area (Å²) in [6, 6.07) is 6.47. The standard InChI is InChI=1S/C19H26N2O5S/c1-13-7-9-16(10-8-13)27(23,24)25-12-11-17-14(2)20-21(15(17)3)18(22)26-19(4,5)6/h7-10H,11-12H2,1-6H3. The molecular weight excluding hydrogens is 368 g/mol. The van der Waals surface area contributed by atoms with Gasteiger partial charge >= 0.3 is 6.09 Å². The maximum Gasteiger partial charge on any atom is 0.435 e. The van der Waals surface area contributed by atoms with Crippen LogP contribution >= 0.6 is 0 Å². The predicted molar refractivity (Wildman–Crippen MR) is 101 cm³/mol. The Morgan fingerprint density at radius 1 is 1.11 bits per heavy atom. The van der Waals surface area contributed by atoms with E-state index < -0.39 is 21.8 Å². The summed E-state index contributed by atoms with van der Waals surface area (Å²) in [5.74, 6) is 0. The third kappa shape index (κ3) is 5.40. The fourth-order valence-corrected chi connectivity index (χ4v) is 3.45. The lowest BCUT2D eigenvalue weighted by Gasteiger charge is -2.19. The summed E-state index contributed by atoms with van der Waals surface area (Å²) in [6.45, 7) is 10.7. The van der Waals surface area contributed by atoms with Gasteiger partial charge in [0.25, 0.3) is 10.1 Å². The highest BCUT2D eigenvalue weighted by Gasteiger charge is 2.23. The van der Waals surface area contributed by atoms with Crippen molar-refractivity contribution in [3.63, 3.8) is 0 Å². The minimum atomic E-state index is -3.83. The van der Waals surface area contributed by atoms with E-state index in [-0.39, 0.29) is 11.5 Å². The molecule has 0 saturated carbocycles. The lowest BCUT2D eigenvalue weighted by molar-refractivity contribution is 0.0510. The summed E-state index contributed by atoms with van der Waals surface area (Å²) in [4.78, 5) is 12.4. The molecule has 0 aliphatic rings. The van der Waals surface area contributed by atoms with E-state index in [2.05, 4.69) is 5.10 Å². The highest BCUT2D eigenvalue weighted by atomic mass is 32.2. The average Bonchev–Trinajstić information content (AvgIpc) is 2.82. The Morgan fingerprint density at radius 3 is 2.26 bits per heavy atom. The van der Waals surface area contributed by atoms with Crippen LogP contribution in [0.4, 0.5) is 4.79 Å². The number of ether oxygens (including phenoxy) is 1. The van der Waals surface area contributed by atoms with Crippen LogP contribution in [-0.4, -0.2) is 36.5 Å². The lowest BCUT2D eigenvalue weighted by atomic mass is 10.1. The first kappa shape index (κ1) is 21.1. The van der Waals surface area contributed by atoms with Crippen LogP contribution in [0, 0.1) is 20.8 Å². The van der Waals surface area contributed by atoms with Crippen LogP contribution in [0.3, 0.4) is 0 Å². The average molecular weight is 394 g/mol. The van der Waals surface area contributed by atoms with Crippen LogP contribution in [-0.2, 0) is 25.5 Å². The van der Waals surface area contributed by atoms with Gasteiger partial charge in [-0.1, -0.05) is 17.7 Å². The molecule has 0 unspecified atom stereocenters. The van der Waals surface area contributed by atoms with Gasteiger partial charge in [0.2, 0.25) is 0 Å². The van der Waals surface area contributed by atoms with Gasteiger partial charge in [0, 0.05) is 6.42 Å². The first-order valence-electron chi connectivity index (χ1n) is 8.65. The van der Waals surface area contributed by atoms with Gasteiger partial charge in [0.15, 0.2) is 0 Å². The highest BCUT2D eigenvalue weighted by molar-refractivity contribution is 7.86. The molecule has 0 N–H and O–H groups in total. The number of aromatic nitrogens is 2. The summed E-state index contributed by atoms with van der Waals surface area (Å²) in [5, 5.41) is 4.21. The molecule has 1 aromatic heterocycles.